The summed E-state index contributed by atoms with van der Waals surface area (Å²) >= 11 is 0. The van der Waals surface area contributed by atoms with Crippen molar-refractivity contribution in [2.45, 2.75) is 57.9 Å². The van der Waals surface area contributed by atoms with E-state index in [9.17, 15) is 9.59 Å². The fraction of sp³-hybridized carbons (Fsp3) is 0.714. The highest BCUT2D eigenvalue weighted by atomic mass is 16.4. The van der Waals surface area contributed by atoms with Gasteiger partial charge in [0.05, 0.1) is 6.42 Å². The number of carboxylic acids is 1. The minimum absolute atomic E-state index is 0.0347. The number of nitrogens with one attached hydrogen (secondary N) is 1. The standard InChI is InChI=1S/C14H23NO3/c1-3-6-11(2)15-12(16)9-14(10-13(17)18)7-4-5-8-14/h3,11H,1,4-10H2,2H3,(H,15,16)(H,17,18). The molecule has 0 heterocycles. The third-order valence-corrected chi connectivity index (χ3v) is 3.65. The number of carbonyl (C=O) groups is 2. The van der Waals surface area contributed by atoms with Crippen LogP contribution in [0.2, 0.25) is 0 Å². The molecule has 0 aromatic heterocycles. The van der Waals surface area contributed by atoms with Crippen LogP contribution in [-0.2, 0) is 9.59 Å². The first kappa shape index (κ1) is 14.7. The zero-order chi connectivity index (χ0) is 13.6. The minimum atomic E-state index is -0.802. The zero-order valence-electron chi connectivity index (χ0n) is 11.1. The van der Waals surface area contributed by atoms with Gasteiger partial charge < -0.3 is 10.4 Å². The predicted molar refractivity (Wildman–Crippen MR) is 70.2 cm³/mol. The molecule has 0 saturated heterocycles. The summed E-state index contributed by atoms with van der Waals surface area (Å²) in [6.45, 7) is 5.56. The molecule has 102 valence electrons. The Morgan fingerprint density at radius 2 is 2.00 bits per heavy atom. The summed E-state index contributed by atoms with van der Waals surface area (Å²) in [6, 6.07) is 0.0679. The average Bonchev–Trinajstić information content (AvgIpc) is 2.64. The monoisotopic (exact) mass is 253 g/mol. The molecule has 1 fully saturated rings. The molecule has 0 spiro atoms. The van der Waals surface area contributed by atoms with Crippen LogP contribution in [0.1, 0.15) is 51.9 Å². The Kier molecular flexibility index (Phi) is 5.38. The van der Waals surface area contributed by atoms with E-state index in [-0.39, 0.29) is 23.8 Å². The van der Waals surface area contributed by atoms with Crippen LogP contribution >= 0.6 is 0 Å². The van der Waals surface area contributed by atoms with Crippen molar-refractivity contribution >= 4 is 11.9 Å². The molecule has 0 aromatic carbocycles. The summed E-state index contributed by atoms with van der Waals surface area (Å²) in [5, 5.41) is 11.9. The lowest BCUT2D eigenvalue weighted by molar-refractivity contribution is -0.140. The van der Waals surface area contributed by atoms with Crippen molar-refractivity contribution in [3.63, 3.8) is 0 Å². The average molecular weight is 253 g/mol. The molecule has 2 N–H and O–H groups in total. The van der Waals surface area contributed by atoms with Crippen LogP contribution in [0, 0.1) is 5.41 Å². The molecular formula is C14H23NO3. The van der Waals surface area contributed by atoms with Crippen LogP contribution < -0.4 is 5.32 Å². The van der Waals surface area contributed by atoms with Crippen LogP contribution in [0.25, 0.3) is 0 Å². The van der Waals surface area contributed by atoms with Gasteiger partial charge in [-0.05, 0) is 31.6 Å². The second kappa shape index (κ2) is 6.57. The first-order valence-corrected chi connectivity index (χ1v) is 6.59. The van der Waals surface area contributed by atoms with Gasteiger partial charge in [0.15, 0.2) is 0 Å². The van der Waals surface area contributed by atoms with Crippen LogP contribution in [-0.4, -0.2) is 23.0 Å². The van der Waals surface area contributed by atoms with Gasteiger partial charge in [0.25, 0.3) is 0 Å². The van der Waals surface area contributed by atoms with Gasteiger partial charge in [0.2, 0.25) is 5.91 Å². The van der Waals surface area contributed by atoms with E-state index in [1.54, 1.807) is 6.08 Å². The molecule has 1 atom stereocenters. The normalized spacial score (nSPS) is 19.2. The molecule has 1 aliphatic rings. The number of carboxylic acid groups (broad SMARTS) is 1. The summed E-state index contributed by atoms with van der Waals surface area (Å²) in [5.41, 5.74) is -0.316. The topological polar surface area (TPSA) is 66.4 Å². The quantitative estimate of drug-likeness (QED) is 0.685. The molecule has 4 heteroatoms. The van der Waals surface area contributed by atoms with Gasteiger partial charge in [0, 0.05) is 12.5 Å². The first-order chi connectivity index (χ1) is 8.47. The van der Waals surface area contributed by atoms with Gasteiger partial charge in [-0.3, -0.25) is 9.59 Å². The van der Waals surface area contributed by atoms with Gasteiger partial charge in [-0.1, -0.05) is 18.9 Å². The van der Waals surface area contributed by atoms with E-state index >= 15 is 0 Å². The van der Waals surface area contributed by atoms with Crippen molar-refractivity contribution in [2.24, 2.45) is 5.41 Å². The van der Waals surface area contributed by atoms with Crippen molar-refractivity contribution in [3.8, 4) is 0 Å². The first-order valence-electron chi connectivity index (χ1n) is 6.59. The summed E-state index contributed by atoms with van der Waals surface area (Å²) in [6.07, 6.45) is 6.71. The van der Waals surface area contributed by atoms with Gasteiger partial charge >= 0.3 is 5.97 Å². The highest BCUT2D eigenvalue weighted by Gasteiger charge is 2.38. The largest absolute Gasteiger partial charge is 0.481 e. The molecule has 1 saturated carbocycles. The van der Waals surface area contributed by atoms with Crippen LogP contribution in [0.5, 0.6) is 0 Å². The molecule has 4 nitrogen and oxygen atoms in total. The molecule has 1 unspecified atom stereocenters. The van der Waals surface area contributed by atoms with Gasteiger partial charge in [-0.15, -0.1) is 6.58 Å². The van der Waals surface area contributed by atoms with Gasteiger partial charge in [0.1, 0.15) is 0 Å². The zero-order valence-corrected chi connectivity index (χ0v) is 11.1. The molecule has 0 bridgehead atoms. The van der Waals surface area contributed by atoms with E-state index in [1.807, 2.05) is 6.92 Å². The Hall–Kier alpha value is -1.32. The number of hydrogen-bond acceptors (Lipinski definition) is 2. The number of hydrogen-bond donors (Lipinski definition) is 2. The van der Waals surface area contributed by atoms with Crippen molar-refractivity contribution in [2.75, 3.05) is 0 Å². The van der Waals surface area contributed by atoms with Crippen LogP contribution in [0.4, 0.5) is 0 Å². The van der Waals surface area contributed by atoms with Crippen molar-refractivity contribution in [1.82, 2.24) is 5.32 Å². The maximum absolute atomic E-state index is 11.9. The third-order valence-electron chi connectivity index (χ3n) is 3.65. The highest BCUT2D eigenvalue weighted by molar-refractivity contribution is 5.78. The molecule has 0 aromatic rings. The number of rotatable bonds is 7. The maximum Gasteiger partial charge on any atom is 0.303 e. The lowest BCUT2D eigenvalue weighted by Gasteiger charge is -2.27. The van der Waals surface area contributed by atoms with Gasteiger partial charge in [-0.25, -0.2) is 0 Å². The lowest BCUT2D eigenvalue weighted by Crippen LogP contribution is -2.36. The summed E-state index contributed by atoms with van der Waals surface area (Å²) in [5.74, 6) is -0.837. The Morgan fingerprint density at radius 3 is 2.50 bits per heavy atom. The Balaban J connectivity index is 2.53. The Morgan fingerprint density at radius 1 is 1.39 bits per heavy atom. The summed E-state index contributed by atoms with van der Waals surface area (Å²) in [4.78, 5) is 22.9. The predicted octanol–water partition coefficient (Wildman–Crippen LogP) is 2.49. The van der Waals surface area contributed by atoms with Gasteiger partial charge in [-0.2, -0.15) is 0 Å². The van der Waals surface area contributed by atoms with Crippen molar-refractivity contribution < 1.29 is 14.7 Å². The van der Waals surface area contributed by atoms with Crippen LogP contribution in [0.15, 0.2) is 12.7 Å². The summed E-state index contributed by atoms with van der Waals surface area (Å²) < 4.78 is 0. The molecular weight excluding hydrogens is 230 g/mol. The number of carbonyl (C=O) groups excluding carboxylic acids is 1. The van der Waals surface area contributed by atoms with E-state index in [1.165, 1.54) is 0 Å². The molecule has 0 radical (unpaired) electrons. The van der Waals surface area contributed by atoms with E-state index in [2.05, 4.69) is 11.9 Å². The number of amides is 1. The fourth-order valence-corrected chi connectivity index (χ4v) is 2.84. The molecule has 1 aliphatic carbocycles. The van der Waals surface area contributed by atoms with E-state index in [0.717, 1.165) is 32.1 Å². The Labute approximate surface area is 108 Å². The van der Waals surface area contributed by atoms with Crippen molar-refractivity contribution in [1.29, 1.82) is 0 Å². The maximum atomic E-state index is 11.9. The fourth-order valence-electron chi connectivity index (χ4n) is 2.84. The van der Waals surface area contributed by atoms with Crippen LogP contribution in [0.3, 0.4) is 0 Å². The SMILES string of the molecule is C=CCC(C)NC(=O)CC1(CC(=O)O)CCCC1. The molecule has 1 rings (SSSR count). The molecule has 1 amide bonds. The molecule has 18 heavy (non-hydrogen) atoms. The second-order valence-electron chi connectivity index (χ2n) is 5.45. The highest BCUT2D eigenvalue weighted by Crippen LogP contribution is 2.44. The third kappa shape index (κ3) is 4.51. The van der Waals surface area contributed by atoms with E-state index in [0.29, 0.717) is 6.42 Å². The minimum Gasteiger partial charge on any atom is -0.481 e. The smallest absolute Gasteiger partial charge is 0.303 e. The van der Waals surface area contributed by atoms with E-state index in [4.69, 9.17) is 5.11 Å². The van der Waals surface area contributed by atoms with Crippen molar-refractivity contribution in [3.05, 3.63) is 12.7 Å². The van der Waals surface area contributed by atoms with E-state index < -0.39 is 5.97 Å². The molecule has 0 aliphatic heterocycles. The number of aliphatic carboxylic acids is 1. The second-order valence-corrected chi connectivity index (χ2v) is 5.45. The summed E-state index contributed by atoms with van der Waals surface area (Å²) in [7, 11) is 0. The Bertz CT molecular complexity index is 319. The lowest BCUT2D eigenvalue weighted by atomic mass is 9.79.